The summed E-state index contributed by atoms with van der Waals surface area (Å²) in [6.45, 7) is 7.48. The fourth-order valence-electron chi connectivity index (χ4n) is 2.47. The zero-order valence-corrected chi connectivity index (χ0v) is 12.3. The Kier molecular flexibility index (Phi) is 4.38. The van der Waals surface area contributed by atoms with Crippen LogP contribution in [0.25, 0.3) is 0 Å². The van der Waals surface area contributed by atoms with Crippen LogP contribution in [0.1, 0.15) is 35.3 Å². The van der Waals surface area contributed by atoms with Gasteiger partial charge in [0.05, 0.1) is 5.69 Å². The molecule has 0 aliphatic heterocycles. The smallest absolute Gasteiger partial charge is 0.0643 e. The van der Waals surface area contributed by atoms with Crippen molar-refractivity contribution >= 4 is 0 Å². The molecular formula is C16H23N3. The van der Waals surface area contributed by atoms with Crippen molar-refractivity contribution in [1.29, 1.82) is 0 Å². The molecule has 3 heteroatoms. The van der Waals surface area contributed by atoms with Crippen molar-refractivity contribution in [2.75, 3.05) is 6.54 Å². The summed E-state index contributed by atoms with van der Waals surface area (Å²) in [6.07, 6.45) is 2.93. The van der Waals surface area contributed by atoms with Crippen LogP contribution in [0.5, 0.6) is 0 Å². The fraction of sp³-hybridized carbons (Fsp3) is 0.438. The standard InChI is InChI=1S/C16H23N3/c1-5-17-16(11-14-9-10-19(4)18-14)15-8-6-7-12(2)13(15)3/h6-10,16-17H,5,11H2,1-4H3. The minimum absolute atomic E-state index is 0.333. The van der Waals surface area contributed by atoms with Crippen molar-refractivity contribution in [2.24, 2.45) is 7.05 Å². The van der Waals surface area contributed by atoms with Crippen LogP contribution in [0.2, 0.25) is 0 Å². The Morgan fingerprint density at radius 2 is 2.05 bits per heavy atom. The Hall–Kier alpha value is -1.61. The summed E-state index contributed by atoms with van der Waals surface area (Å²) in [6, 6.07) is 8.96. The van der Waals surface area contributed by atoms with Gasteiger partial charge in [0.25, 0.3) is 0 Å². The van der Waals surface area contributed by atoms with Crippen molar-refractivity contribution < 1.29 is 0 Å². The molecule has 1 unspecified atom stereocenters. The average molecular weight is 257 g/mol. The zero-order valence-electron chi connectivity index (χ0n) is 12.3. The van der Waals surface area contributed by atoms with E-state index in [4.69, 9.17) is 0 Å². The Labute approximate surface area is 115 Å². The van der Waals surface area contributed by atoms with Crippen LogP contribution >= 0.6 is 0 Å². The third kappa shape index (κ3) is 3.24. The zero-order chi connectivity index (χ0) is 13.8. The second-order valence-corrected chi connectivity index (χ2v) is 5.08. The molecule has 1 aromatic heterocycles. The molecule has 102 valence electrons. The second kappa shape index (κ2) is 6.02. The van der Waals surface area contributed by atoms with E-state index in [1.54, 1.807) is 0 Å². The van der Waals surface area contributed by atoms with Gasteiger partial charge in [-0.25, -0.2) is 0 Å². The molecule has 2 aromatic rings. The topological polar surface area (TPSA) is 29.9 Å². The Morgan fingerprint density at radius 3 is 2.68 bits per heavy atom. The SMILES string of the molecule is CCNC(Cc1ccn(C)n1)c1cccc(C)c1C. The minimum atomic E-state index is 0.333. The lowest BCUT2D eigenvalue weighted by atomic mass is 9.94. The van der Waals surface area contributed by atoms with E-state index >= 15 is 0 Å². The van der Waals surface area contributed by atoms with Crippen molar-refractivity contribution in [1.82, 2.24) is 15.1 Å². The molecule has 0 radical (unpaired) electrons. The highest BCUT2D eigenvalue weighted by Crippen LogP contribution is 2.23. The van der Waals surface area contributed by atoms with Gasteiger partial charge in [-0.3, -0.25) is 4.68 Å². The van der Waals surface area contributed by atoms with Crippen LogP contribution in [0.15, 0.2) is 30.5 Å². The van der Waals surface area contributed by atoms with Crippen molar-refractivity contribution in [3.63, 3.8) is 0 Å². The Morgan fingerprint density at radius 1 is 1.26 bits per heavy atom. The van der Waals surface area contributed by atoms with Crippen LogP contribution in [0.4, 0.5) is 0 Å². The molecule has 0 saturated carbocycles. The van der Waals surface area contributed by atoms with Crippen LogP contribution in [0, 0.1) is 13.8 Å². The maximum absolute atomic E-state index is 4.49. The number of hydrogen-bond acceptors (Lipinski definition) is 2. The number of nitrogens with zero attached hydrogens (tertiary/aromatic N) is 2. The summed E-state index contributed by atoms with van der Waals surface area (Å²) in [7, 11) is 1.96. The molecular weight excluding hydrogens is 234 g/mol. The molecule has 0 fully saturated rings. The summed E-state index contributed by atoms with van der Waals surface area (Å²) in [5, 5.41) is 8.06. The van der Waals surface area contributed by atoms with E-state index < -0.39 is 0 Å². The molecule has 1 aromatic carbocycles. The summed E-state index contributed by atoms with van der Waals surface area (Å²) < 4.78 is 1.86. The van der Waals surface area contributed by atoms with Gasteiger partial charge in [-0.1, -0.05) is 25.1 Å². The number of hydrogen-bond donors (Lipinski definition) is 1. The van der Waals surface area contributed by atoms with Gasteiger partial charge in [-0.2, -0.15) is 5.10 Å². The highest BCUT2D eigenvalue weighted by Gasteiger charge is 2.15. The molecule has 0 bridgehead atoms. The van der Waals surface area contributed by atoms with E-state index in [0.717, 1.165) is 18.7 Å². The second-order valence-electron chi connectivity index (χ2n) is 5.08. The lowest BCUT2D eigenvalue weighted by Gasteiger charge is -2.20. The van der Waals surface area contributed by atoms with Crippen LogP contribution < -0.4 is 5.32 Å². The number of aromatic nitrogens is 2. The average Bonchev–Trinajstić information content (AvgIpc) is 2.78. The highest BCUT2D eigenvalue weighted by atomic mass is 15.2. The third-order valence-corrected chi connectivity index (χ3v) is 3.65. The predicted molar refractivity (Wildman–Crippen MR) is 79.2 cm³/mol. The first-order chi connectivity index (χ1) is 9.11. The van der Waals surface area contributed by atoms with Crippen LogP contribution in [-0.4, -0.2) is 16.3 Å². The van der Waals surface area contributed by atoms with Gasteiger partial charge in [0.2, 0.25) is 0 Å². The lowest BCUT2D eigenvalue weighted by molar-refractivity contribution is 0.537. The molecule has 0 spiro atoms. The van der Waals surface area contributed by atoms with E-state index in [9.17, 15) is 0 Å². The van der Waals surface area contributed by atoms with Gasteiger partial charge >= 0.3 is 0 Å². The van der Waals surface area contributed by atoms with Crippen molar-refractivity contribution in [3.05, 3.63) is 52.8 Å². The van der Waals surface area contributed by atoms with E-state index in [1.807, 2.05) is 17.9 Å². The first kappa shape index (κ1) is 13.8. The normalized spacial score (nSPS) is 12.6. The van der Waals surface area contributed by atoms with Gasteiger partial charge < -0.3 is 5.32 Å². The number of aryl methyl sites for hydroxylation is 2. The molecule has 1 heterocycles. The van der Waals surface area contributed by atoms with Gasteiger partial charge in [-0.15, -0.1) is 0 Å². The first-order valence-electron chi connectivity index (χ1n) is 6.89. The third-order valence-electron chi connectivity index (χ3n) is 3.65. The number of nitrogens with one attached hydrogen (secondary N) is 1. The summed E-state index contributed by atoms with van der Waals surface area (Å²) in [5.41, 5.74) is 5.24. The largest absolute Gasteiger partial charge is 0.310 e. The van der Waals surface area contributed by atoms with Crippen LogP contribution in [0.3, 0.4) is 0 Å². The molecule has 3 nitrogen and oxygen atoms in total. The molecule has 0 saturated heterocycles. The number of likely N-dealkylation sites (N-methyl/N-ethyl adjacent to an activating group) is 1. The van der Waals surface area contributed by atoms with Gasteiger partial charge in [0, 0.05) is 25.7 Å². The molecule has 19 heavy (non-hydrogen) atoms. The molecule has 2 rings (SSSR count). The molecule has 0 aliphatic carbocycles. The molecule has 1 N–H and O–H groups in total. The van der Waals surface area contributed by atoms with Gasteiger partial charge in [0.1, 0.15) is 0 Å². The maximum atomic E-state index is 4.49. The fourth-order valence-corrected chi connectivity index (χ4v) is 2.47. The summed E-state index contributed by atoms with van der Waals surface area (Å²) >= 11 is 0. The van der Waals surface area contributed by atoms with E-state index in [0.29, 0.717) is 6.04 Å². The van der Waals surface area contributed by atoms with E-state index in [2.05, 4.69) is 55.5 Å². The highest BCUT2D eigenvalue weighted by molar-refractivity contribution is 5.36. The van der Waals surface area contributed by atoms with E-state index in [1.165, 1.54) is 16.7 Å². The maximum Gasteiger partial charge on any atom is 0.0643 e. The van der Waals surface area contributed by atoms with Crippen molar-refractivity contribution in [2.45, 2.75) is 33.2 Å². The summed E-state index contributed by atoms with van der Waals surface area (Å²) in [4.78, 5) is 0. The summed E-state index contributed by atoms with van der Waals surface area (Å²) in [5.74, 6) is 0. The molecule has 1 atom stereocenters. The molecule has 0 amide bonds. The number of benzene rings is 1. The van der Waals surface area contributed by atoms with Crippen molar-refractivity contribution in [3.8, 4) is 0 Å². The predicted octanol–water partition coefficient (Wildman–Crippen LogP) is 2.93. The quantitative estimate of drug-likeness (QED) is 0.892. The lowest BCUT2D eigenvalue weighted by Crippen LogP contribution is -2.24. The van der Waals surface area contributed by atoms with Crippen LogP contribution in [-0.2, 0) is 13.5 Å². The Bertz CT molecular complexity index is 543. The van der Waals surface area contributed by atoms with Gasteiger partial charge in [0.15, 0.2) is 0 Å². The Balaban J connectivity index is 2.26. The van der Waals surface area contributed by atoms with Gasteiger partial charge in [-0.05, 0) is 43.1 Å². The number of rotatable bonds is 5. The molecule has 0 aliphatic rings. The monoisotopic (exact) mass is 257 g/mol. The minimum Gasteiger partial charge on any atom is -0.310 e. The first-order valence-corrected chi connectivity index (χ1v) is 6.89. The van der Waals surface area contributed by atoms with E-state index in [-0.39, 0.29) is 0 Å².